The maximum absolute atomic E-state index is 12.9. The maximum atomic E-state index is 12.9. The molecule has 2 rings (SSSR count). The standard InChI is InChI=1S/C21H27FN2S/c1-4-15(3)17-8-10-18(11-9-17)20(5-2)24-21(25)23-14-16-6-12-19(22)13-7-16/h6-13,15,20H,4-5,14H2,1-3H3,(H2,23,24,25)/t15-,20+/m0/s1. The molecular weight excluding hydrogens is 331 g/mol. The van der Waals surface area contributed by atoms with E-state index in [9.17, 15) is 4.39 Å². The number of rotatable bonds is 7. The van der Waals surface area contributed by atoms with E-state index in [4.69, 9.17) is 12.2 Å². The summed E-state index contributed by atoms with van der Waals surface area (Å²) in [6.45, 7) is 7.18. The highest BCUT2D eigenvalue weighted by atomic mass is 32.1. The second-order valence-electron chi connectivity index (χ2n) is 6.39. The topological polar surface area (TPSA) is 24.1 Å². The van der Waals surface area contributed by atoms with Gasteiger partial charge in [-0.25, -0.2) is 4.39 Å². The van der Waals surface area contributed by atoms with Crippen molar-refractivity contribution >= 4 is 17.3 Å². The van der Waals surface area contributed by atoms with Crippen LogP contribution in [0.5, 0.6) is 0 Å². The lowest BCUT2D eigenvalue weighted by molar-refractivity contribution is 0.614. The molecule has 4 heteroatoms. The summed E-state index contributed by atoms with van der Waals surface area (Å²) in [4.78, 5) is 0. The van der Waals surface area contributed by atoms with Crippen LogP contribution in [0.15, 0.2) is 48.5 Å². The van der Waals surface area contributed by atoms with E-state index < -0.39 is 0 Å². The Labute approximate surface area is 155 Å². The van der Waals surface area contributed by atoms with Crippen molar-refractivity contribution in [2.24, 2.45) is 0 Å². The summed E-state index contributed by atoms with van der Waals surface area (Å²) < 4.78 is 12.9. The summed E-state index contributed by atoms with van der Waals surface area (Å²) in [7, 11) is 0. The summed E-state index contributed by atoms with van der Waals surface area (Å²) in [5, 5.41) is 7.18. The van der Waals surface area contributed by atoms with Gasteiger partial charge in [0, 0.05) is 6.54 Å². The van der Waals surface area contributed by atoms with Crippen LogP contribution in [-0.4, -0.2) is 5.11 Å². The molecule has 0 aliphatic heterocycles. The summed E-state index contributed by atoms with van der Waals surface area (Å²) in [5.74, 6) is 0.358. The van der Waals surface area contributed by atoms with Gasteiger partial charge in [0.15, 0.2) is 5.11 Å². The van der Waals surface area contributed by atoms with Gasteiger partial charge in [0.25, 0.3) is 0 Å². The normalized spacial score (nSPS) is 13.1. The Hall–Kier alpha value is -1.94. The van der Waals surface area contributed by atoms with E-state index in [-0.39, 0.29) is 11.9 Å². The van der Waals surface area contributed by atoms with Gasteiger partial charge in [-0.1, -0.05) is 57.2 Å². The maximum Gasteiger partial charge on any atom is 0.167 e. The van der Waals surface area contributed by atoms with E-state index >= 15 is 0 Å². The minimum absolute atomic E-state index is 0.180. The number of benzene rings is 2. The second-order valence-corrected chi connectivity index (χ2v) is 6.80. The Balaban J connectivity index is 1.91. The van der Waals surface area contributed by atoms with Crippen LogP contribution < -0.4 is 10.6 Å². The van der Waals surface area contributed by atoms with Crippen LogP contribution >= 0.6 is 12.2 Å². The highest BCUT2D eigenvalue weighted by Gasteiger charge is 2.11. The molecule has 0 amide bonds. The molecule has 2 atom stereocenters. The van der Waals surface area contributed by atoms with Gasteiger partial charge in [-0.05, 0) is 59.8 Å². The van der Waals surface area contributed by atoms with Gasteiger partial charge in [-0.3, -0.25) is 0 Å². The van der Waals surface area contributed by atoms with Crippen molar-refractivity contribution in [3.05, 3.63) is 71.0 Å². The fraction of sp³-hybridized carbons (Fsp3) is 0.381. The van der Waals surface area contributed by atoms with Gasteiger partial charge in [0.05, 0.1) is 6.04 Å². The molecule has 2 nitrogen and oxygen atoms in total. The Bertz CT molecular complexity index is 667. The zero-order valence-corrected chi connectivity index (χ0v) is 16.0. The molecule has 0 unspecified atom stereocenters. The van der Waals surface area contributed by atoms with Gasteiger partial charge in [-0.15, -0.1) is 0 Å². The molecule has 0 aromatic heterocycles. The number of nitrogens with one attached hydrogen (secondary N) is 2. The van der Waals surface area contributed by atoms with Crippen LogP contribution in [0.2, 0.25) is 0 Å². The van der Waals surface area contributed by atoms with Gasteiger partial charge in [0.1, 0.15) is 5.82 Å². The molecule has 2 aromatic rings. The highest BCUT2D eigenvalue weighted by molar-refractivity contribution is 7.80. The van der Waals surface area contributed by atoms with Crippen LogP contribution in [0.25, 0.3) is 0 Å². The minimum Gasteiger partial charge on any atom is -0.359 e. The van der Waals surface area contributed by atoms with Crippen LogP contribution in [0, 0.1) is 5.82 Å². The van der Waals surface area contributed by atoms with E-state index in [0.29, 0.717) is 17.6 Å². The summed E-state index contributed by atoms with van der Waals surface area (Å²) >= 11 is 5.41. The van der Waals surface area contributed by atoms with Crippen molar-refractivity contribution in [3.63, 3.8) is 0 Å². The third-order valence-corrected chi connectivity index (χ3v) is 4.86. The summed E-state index contributed by atoms with van der Waals surface area (Å²) in [6.07, 6.45) is 2.09. The molecule has 2 aromatic carbocycles. The predicted octanol–water partition coefficient (Wildman–Crippen LogP) is 5.45. The Morgan fingerprint density at radius 2 is 1.56 bits per heavy atom. The van der Waals surface area contributed by atoms with Crippen LogP contribution in [0.3, 0.4) is 0 Å². The molecule has 0 aliphatic rings. The average molecular weight is 359 g/mol. The number of hydrogen-bond acceptors (Lipinski definition) is 1. The minimum atomic E-state index is -0.226. The zero-order chi connectivity index (χ0) is 18.2. The van der Waals surface area contributed by atoms with Crippen molar-refractivity contribution in [1.82, 2.24) is 10.6 Å². The molecule has 0 heterocycles. The van der Waals surface area contributed by atoms with Crippen molar-refractivity contribution in [3.8, 4) is 0 Å². The molecule has 0 radical (unpaired) electrons. The Morgan fingerprint density at radius 1 is 0.960 bits per heavy atom. The summed E-state index contributed by atoms with van der Waals surface area (Å²) in [6, 6.07) is 15.4. The van der Waals surface area contributed by atoms with Crippen LogP contribution in [-0.2, 0) is 6.54 Å². The number of halogens is 1. The SMILES string of the molecule is CC[C@H](C)c1ccc([C@@H](CC)NC(=S)NCc2ccc(F)cc2)cc1. The Morgan fingerprint density at radius 3 is 2.12 bits per heavy atom. The molecule has 0 saturated carbocycles. The average Bonchev–Trinajstić information content (AvgIpc) is 2.65. The first kappa shape index (κ1) is 19.4. The predicted molar refractivity (Wildman–Crippen MR) is 107 cm³/mol. The molecule has 25 heavy (non-hydrogen) atoms. The van der Waals surface area contributed by atoms with Gasteiger partial charge in [0.2, 0.25) is 0 Å². The van der Waals surface area contributed by atoms with Crippen molar-refractivity contribution < 1.29 is 4.39 Å². The molecule has 0 spiro atoms. The van der Waals surface area contributed by atoms with Crippen LogP contribution in [0.1, 0.15) is 62.3 Å². The second kappa shape index (κ2) is 9.52. The number of thiocarbonyl (C=S) groups is 1. The third kappa shape index (κ3) is 5.82. The molecule has 0 aliphatic carbocycles. The number of hydrogen-bond donors (Lipinski definition) is 2. The van der Waals surface area contributed by atoms with Crippen molar-refractivity contribution in [2.75, 3.05) is 0 Å². The fourth-order valence-corrected chi connectivity index (χ4v) is 2.92. The van der Waals surface area contributed by atoms with E-state index in [1.54, 1.807) is 12.1 Å². The zero-order valence-electron chi connectivity index (χ0n) is 15.2. The first-order chi connectivity index (χ1) is 12.0. The molecule has 0 saturated heterocycles. The molecule has 0 bridgehead atoms. The van der Waals surface area contributed by atoms with E-state index in [0.717, 1.165) is 18.4 Å². The van der Waals surface area contributed by atoms with Gasteiger partial charge >= 0.3 is 0 Å². The largest absolute Gasteiger partial charge is 0.359 e. The summed E-state index contributed by atoms with van der Waals surface area (Å²) in [5.41, 5.74) is 3.61. The first-order valence-electron chi connectivity index (χ1n) is 8.92. The molecule has 134 valence electrons. The third-order valence-electron chi connectivity index (χ3n) is 4.60. The van der Waals surface area contributed by atoms with Crippen LogP contribution in [0.4, 0.5) is 4.39 Å². The quantitative estimate of drug-likeness (QED) is 0.643. The monoisotopic (exact) mass is 358 g/mol. The van der Waals surface area contributed by atoms with Crippen molar-refractivity contribution in [2.45, 2.75) is 52.1 Å². The fourth-order valence-electron chi connectivity index (χ4n) is 2.71. The van der Waals surface area contributed by atoms with E-state index in [1.165, 1.54) is 23.3 Å². The molecule has 2 N–H and O–H groups in total. The lowest BCUT2D eigenvalue weighted by Gasteiger charge is -2.21. The lowest BCUT2D eigenvalue weighted by atomic mass is 9.95. The van der Waals surface area contributed by atoms with Gasteiger partial charge in [-0.2, -0.15) is 0 Å². The highest BCUT2D eigenvalue weighted by Crippen LogP contribution is 2.22. The smallest absolute Gasteiger partial charge is 0.167 e. The van der Waals surface area contributed by atoms with Gasteiger partial charge < -0.3 is 10.6 Å². The lowest BCUT2D eigenvalue weighted by Crippen LogP contribution is -2.37. The van der Waals surface area contributed by atoms with Crippen molar-refractivity contribution in [1.29, 1.82) is 0 Å². The molecule has 0 fully saturated rings. The van der Waals surface area contributed by atoms with E-state index in [1.807, 2.05) is 0 Å². The molecular formula is C21H27FN2S. The van der Waals surface area contributed by atoms with E-state index in [2.05, 4.69) is 55.7 Å². The first-order valence-corrected chi connectivity index (χ1v) is 9.33. The Kier molecular flexibility index (Phi) is 7.38.